The molecule has 2 rings (SSSR count). The standard InChI is InChI=1S/C12H13N3S/c1-3-15-11-5-4-9(7-13)6-10(11)14-12(15)8-16-2/h4-6H,3,8H2,1-2H3. The highest BCUT2D eigenvalue weighted by Crippen LogP contribution is 2.20. The largest absolute Gasteiger partial charge is 0.328 e. The summed E-state index contributed by atoms with van der Waals surface area (Å²) in [5, 5.41) is 8.85. The maximum atomic E-state index is 8.85. The number of aryl methyl sites for hydroxylation is 1. The highest BCUT2D eigenvalue weighted by Gasteiger charge is 2.09. The Morgan fingerprint density at radius 2 is 2.31 bits per heavy atom. The van der Waals surface area contributed by atoms with Crippen LogP contribution < -0.4 is 0 Å². The van der Waals surface area contributed by atoms with Crippen molar-refractivity contribution in [3.63, 3.8) is 0 Å². The second-order valence-electron chi connectivity index (χ2n) is 3.52. The zero-order valence-corrected chi connectivity index (χ0v) is 10.2. The molecule has 0 saturated carbocycles. The average Bonchev–Trinajstić information content (AvgIpc) is 2.65. The molecule has 0 aliphatic carbocycles. The topological polar surface area (TPSA) is 41.6 Å². The molecule has 0 atom stereocenters. The first kappa shape index (κ1) is 11.0. The van der Waals surface area contributed by atoms with Crippen LogP contribution in [0.15, 0.2) is 18.2 Å². The fourth-order valence-corrected chi connectivity index (χ4v) is 2.32. The molecular weight excluding hydrogens is 218 g/mol. The first-order chi connectivity index (χ1) is 7.80. The van der Waals surface area contributed by atoms with Crippen molar-refractivity contribution in [1.82, 2.24) is 9.55 Å². The van der Waals surface area contributed by atoms with Crippen molar-refractivity contribution in [3.05, 3.63) is 29.6 Å². The summed E-state index contributed by atoms with van der Waals surface area (Å²) in [4.78, 5) is 4.57. The third kappa shape index (κ3) is 1.79. The molecule has 0 unspecified atom stereocenters. The van der Waals surface area contributed by atoms with Crippen LogP contribution in [0, 0.1) is 11.3 Å². The smallest absolute Gasteiger partial charge is 0.119 e. The zero-order valence-electron chi connectivity index (χ0n) is 9.40. The maximum absolute atomic E-state index is 8.85. The van der Waals surface area contributed by atoms with Crippen molar-refractivity contribution in [2.75, 3.05) is 6.26 Å². The molecule has 0 aliphatic rings. The molecule has 82 valence electrons. The van der Waals surface area contributed by atoms with E-state index in [9.17, 15) is 0 Å². The quantitative estimate of drug-likeness (QED) is 0.815. The molecule has 0 spiro atoms. The lowest BCUT2D eigenvalue weighted by molar-refractivity contribution is 0.749. The molecule has 0 N–H and O–H groups in total. The van der Waals surface area contributed by atoms with Gasteiger partial charge in [-0.3, -0.25) is 0 Å². The van der Waals surface area contributed by atoms with Crippen molar-refractivity contribution < 1.29 is 0 Å². The van der Waals surface area contributed by atoms with Gasteiger partial charge in [0.15, 0.2) is 0 Å². The summed E-state index contributed by atoms with van der Waals surface area (Å²) in [7, 11) is 0. The van der Waals surface area contributed by atoms with E-state index >= 15 is 0 Å². The minimum absolute atomic E-state index is 0.670. The molecule has 0 bridgehead atoms. The monoisotopic (exact) mass is 231 g/mol. The van der Waals surface area contributed by atoms with Gasteiger partial charge in [-0.05, 0) is 31.4 Å². The first-order valence-electron chi connectivity index (χ1n) is 5.18. The van der Waals surface area contributed by atoms with E-state index in [1.165, 1.54) is 0 Å². The number of thioether (sulfide) groups is 1. The van der Waals surface area contributed by atoms with Gasteiger partial charge in [-0.15, -0.1) is 0 Å². The van der Waals surface area contributed by atoms with E-state index in [-0.39, 0.29) is 0 Å². The number of fused-ring (bicyclic) bond motifs is 1. The van der Waals surface area contributed by atoms with E-state index in [1.807, 2.05) is 18.2 Å². The van der Waals surface area contributed by atoms with Crippen LogP contribution in [0.25, 0.3) is 11.0 Å². The van der Waals surface area contributed by atoms with Crippen LogP contribution in [0.3, 0.4) is 0 Å². The predicted molar refractivity (Wildman–Crippen MR) is 67.3 cm³/mol. The molecule has 0 fully saturated rings. The van der Waals surface area contributed by atoms with Gasteiger partial charge in [0, 0.05) is 6.54 Å². The van der Waals surface area contributed by atoms with E-state index in [0.717, 1.165) is 29.2 Å². The Hall–Kier alpha value is -1.47. The predicted octanol–water partition coefficient (Wildman–Crippen LogP) is 2.79. The van der Waals surface area contributed by atoms with Crippen molar-refractivity contribution in [1.29, 1.82) is 5.26 Å². The van der Waals surface area contributed by atoms with E-state index in [1.54, 1.807) is 11.8 Å². The van der Waals surface area contributed by atoms with E-state index in [2.05, 4.69) is 28.8 Å². The van der Waals surface area contributed by atoms with Gasteiger partial charge < -0.3 is 4.57 Å². The summed E-state index contributed by atoms with van der Waals surface area (Å²) in [5.41, 5.74) is 2.71. The number of rotatable bonds is 3. The number of hydrogen-bond acceptors (Lipinski definition) is 3. The zero-order chi connectivity index (χ0) is 11.5. The van der Waals surface area contributed by atoms with Crippen LogP contribution in [0.5, 0.6) is 0 Å². The molecule has 16 heavy (non-hydrogen) atoms. The number of hydrogen-bond donors (Lipinski definition) is 0. The molecule has 0 radical (unpaired) electrons. The van der Waals surface area contributed by atoms with E-state index in [4.69, 9.17) is 5.26 Å². The summed E-state index contributed by atoms with van der Waals surface area (Å²) in [6, 6.07) is 7.82. The molecular formula is C12H13N3S. The molecule has 3 nitrogen and oxygen atoms in total. The van der Waals surface area contributed by atoms with Crippen molar-refractivity contribution in [3.8, 4) is 6.07 Å². The Kier molecular flexibility index (Phi) is 3.16. The van der Waals surface area contributed by atoms with Gasteiger partial charge in [0.25, 0.3) is 0 Å². The Balaban J connectivity index is 2.62. The summed E-state index contributed by atoms with van der Waals surface area (Å²) >= 11 is 1.76. The van der Waals surface area contributed by atoms with Gasteiger partial charge >= 0.3 is 0 Å². The molecule has 4 heteroatoms. The highest BCUT2D eigenvalue weighted by atomic mass is 32.2. The van der Waals surface area contributed by atoms with Gasteiger partial charge in [0.1, 0.15) is 5.82 Å². The van der Waals surface area contributed by atoms with E-state index in [0.29, 0.717) is 5.56 Å². The van der Waals surface area contributed by atoms with Crippen molar-refractivity contribution in [2.45, 2.75) is 19.2 Å². The van der Waals surface area contributed by atoms with Gasteiger partial charge in [0.2, 0.25) is 0 Å². The van der Waals surface area contributed by atoms with Crippen molar-refractivity contribution >= 4 is 22.8 Å². The van der Waals surface area contributed by atoms with Gasteiger partial charge in [0.05, 0.1) is 28.4 Å². The van der Waals surface area contributed by atoms with Gasteiger partial charge in [-0.1, -0.05) is 0 Å². The van der Waals surface area contributed by atoms with Crippen LogP contribution in [0.2, 0.25) is 0 Å². The third-order valence-electron chi connectivity index (χ3n) is 2.55. The summed E-state index contributed by atoms with van der Waals surface area (Å²) in [6.07, 6.45) is 2.07. The van der Waals surface area contributed by atoms with Crippen LogP contribution in [0.4, 0.5) is 0 Å². The highest BCUT2D eigenvalue weighted by molar-refractivity contribution is 7.97. The maximum Gasteiger partial charge on any atom is 0.119 e. The van der Waals surface area contributed by atoms with Crippen LogP contribution in [-0.4, -0.2) is 15.8 Å². The fraction of sp³-hybridized carbons (Fsp3) is 0.333. The average molecular weight is 231 g/mol. The molecule has 0 saturated heterocycles. The van der Waals surface area contributed by atoms with E-state index < -0.39 is 0 Å². The van der Waals surface area contributed by atoms with Crippen molar-refractivity contribution in [2.24, 2.45) is 0 Å². The fourth-order valence-electron chi connectivity index (χ4n) is 1.84. The summed E-state index contributed by atoms with van der Waals surface area (Å²) in [6.45, 7) is 3.03. The lowest BCUT2D eigenvalue weighted by atomic mass is 10.2. The Morgan fingerprint density at radius 1 is 1.50 bits per heavy atom. The van der Waals surface area contributed by atoms with Crippen LogP contribution >= 0.6 is 11.8 Å². The number of benzene rings is 1. The van der Waals surface area contributed by atoms with Crippen LogP contribution in [0.1, 0.15) is 18.3 Å². The minimum Gasteiger partial charge on any atom is -0.328 e. The molecule has 1 aromatic carbocycles. The summed E-state index contributed by atoms with van der Waals surface area (Å²) < 4.78 is 2.20. The Labute approximate surface area is 99.1 Å². The number of nitrogens with zero attached hydrogens (tertiary/aromatic N) is 3. The third-order valence-corrected chi connectivity index (χ3v) is 3.09. The van der Waals surface area contributed by atoms with Gasteiger partial charge in [-0.25, -0.2) is 4.98 Å². The summed E-state index contributed by atoms with van der Waals surface area (Å²) in [5.74, 6) is 1.99. The second-order valence-corrected chi connectivity index (χ2v) is 4.39. The molecule has 0 aliphatic heterocycles. The number of nitriles is 1. The second kappa shape index (κ2) is 4.58. The minimum atomic E-state index is 0.670. The molecule has 2 aromatic rings. The van der Waals surface area contributed by atoms with Crippen LogP contribution in [-0.2, 0) is 12.3 Å². The lowest BCUT2D eigenvalue weighted by Crippen LogP contribution is -1.99. The molecule has 1 aromatic heterocycles. The Morgan fingerprint density at radius 3 is 2.94 bits per heavy atom. The number of aromatic nitrogens is 2. The SMILES string of the molecule is CCn1c(CSC)nc2cc(C#N)ccc21. The first-order valence-corrected chi connectivity index (χ1v) is 6.57. The van der Waals surface area contributed by atoms with Gasteiger partial charge in [-0.2, -0.15) is 17.0 Å². The molecule has 1 heterocycles. The Bertz CT molecular complexity index is 551. The molecule has 0 amide bonds. The lowest BCUT2D eigenvalue weighted by Gasteiger charge is -2.03. The normalized spacial score (nSPS) is 10.6. The number of imidazole rings is 1.